The summed E-state index contributed by atoms with van der Waals surface area (Å²) in [5, 5.41) is 7.74. The fourth-order valence-electron chi connectivity index (χ4n) is 4.13. The van der Waals surface area contributed by atoms with E-state index in [1.807, 2.05) is 60.7 Å². The van der Waals surface area contributed by atoms with Gasteiger partial charge in [-0.3, -0.25) is 0 Å². The summed E-state index contributed by atoms with van der Waals surface area (Å²) >= 11 is 6.09. The van der Waals surface area contributed by atoms with Gasteiger partial charge in [0, 0.05) is 28.1 Å². The standard InChI is InChI=1S/C23H17ClN2O3/c24-16-8-5-14(6-9-16)23-26-19(17-3-1-2-4-20(17)29-23)12-18(25-26)15-7-10-21-22(11-15)28-13-27-21/h1-11,19,23H,12-13H2/t19-,23-/m1/s1. The number of hydrogen-bond donors (Lipinski definition) is 0. The van der Waals surface area contributed by atoms with Crippen molar-refractivity contribution in [1.82, 2.24) is 5.01 Å². The Balaban J connectivity index is 1.42. The predicted octanol–water partition coefficient (Wildman–Crippen LogP) is 5.31. The van der Waals surface area contributed by atoms with Crippen LogP contribution in [0.25, 0.3) is 0 Å². The molecule has 0 N–H and O–H groups in total. The molecular formula is C23H17ClN2O3. The first-order chi connectivity index (χ1) is 14.3. The Hall–Kier alpha value is -3.18. The molecule has 29 heavy (non-hydrogen) atoms. The van der Waals surface area contributed by atoms with Gasteiger partial charge >= 0.3 is 0 Å². The molecule has 3 aromatic carbocycles. The number of hydrogen-bond acceptors (Lipinski definition) is 5. The Morgan fingerprint density at radius 1 is 0.897 bits per heavy atom. The highest BCUT2D eigenvalue weighted by Crippen LogP contribution is 2.47. The fourth-order valence-corrected chi connectivity index (χ4v) is 4.26. The second-order valence-corrected chi connectivity index (χ2v) is 7.71. The first kappa shape index (κ1) is 16.7. The Bertz CT molecular complexity index is 1130. The Morgan fingerprint density at radius 3 is 2.62 bits per heavy atom. The molecule has 0 aromatic heterocycles. The van der Waals surface area contributed by atoms with Crippen molar-refractivity contribution >= 4 is 17.3 Å². The monoisotopic (exact) mass is 404 g/mol. The maximum absolute atomic E-state index is 6.36. The maximum Gasteiger partial charge on any atom is 0.231 e. The summed E-state index contributed by atoms with van der Waals surface area (Å²) in [5.41, 5.74) is 4.21. The quantitative estimate of drug-likeness (QED) is 0.580. The van der Waals surface area contributed by atoms with Gasteiger partial charge in [-0.25, -0.2) is 5.01 Å². The molecule has 3 aliphatic heterocycles. The van der Waals surface area contributed by atoms with Crippen LogP contribution in [0.2, 0.25) is 5.02 Å². The minimum atomic E-state index is -0.307. The minimum absolute atomic E-state index is 0.112. The SMILES string of the molecule is Clc1ccc([C@H]2Oc3ccccc3[C@H]3CC(c4ccc5c(c4)OCO5)=NN32)cc1. The molecule has 0 amide bonds. The number of fused-ring (bicyclic) bond motifs is 4. The van der Waals surface area contributed by atoms with Gasteiger partial charge < -0.3 is 14.2 Å². The molecule has 0 unspecified atom stereocenters. The smallest absolute Gasteiger partial charge is 0.231 e. The predicted molar refractivity (Wildman–Crippen MR) is 110 cm³/mol. The molecule has 144 valence electrons. The largest absolute Gasteiger partial charge is 0.464 e. The lowest BCUT2D eigenvalue weighted by Gasteiger charge is -2.38. The van der Waals surface area contributed by atoms with Crippen LogP contribution in [0.1, 0.15) is 35.4 Å². The highest BCUT2D eigenvalue weighted by atomic mass is 35.5. The van der Waals surface area contributed by atoms with Crippen LogP contribution in [0.4, 0.5) is 0 Å². The summed E-state index contributed by atoms with van der Waals surface area (Å²) in [4.78, 5) is 0. The molecule has 3 heterocycles. The number of halogens is 1. The molecule has 0 bridgehead atoms. The summed E-state index contributed by atoms with van der Waals surface area (Å²) in [6, 6.07) is 22.0. The molecule has 2 atom stereocenters. The van der Waals surface area contributed by atoms with Crippen LogP contribution < -0.4 is 14.2 Å². The molecule has 0 fully saturated rings. The van der Waals surface area contributed by atoms with Gasteiger partial charge in [0.05, 0.1) is 11.8 Å². The van der Waals surface area contributed by atoms with Crippen molar-refractivity contribution in [3.63, 3.8) is 0 Å². The lowest BCUT2D eigenvalue weighted by atomic mass is 9.96. The summed E-state index contributed by atoms with van der Waals surface area (Å²) in [6.45, 7) is 0.264. The van der Waals surface area contributed by atoms with Gasteiger partial charge in [-0.15, -0.1) is 0 Å². The summed E-state index contributed by atoms with van der Waals surface area (Å²) < 4.78 is 17.3. The van der Waals surface area contributed by atoms with Crippen LogP contribution in [0.3, 0.4) is 0 Å². The summed E-state index contributed by atoms with van der Waals surface area (Å²) in [5.74, 6) is 2.44. The Labute approximate surface area is 173 Å². The topological polar surface area (TPSA) is 43.3 Å². The number of rotatable bonds is 2. The van der Waals surface area contributed by atoms with E-state index in [0.29, 0.717) is 5.02 Å². The Kier molecular flexibility index (Phi) is 3.71. The van der Waals surface area contributed by atoms with E-state index in [-0.39, 0.29) is 19.1 Å². The van der Waals surface area contributed by atoms with E-state index in [1.54, 1.807) is 0 Å². The molecule has 3 aliphatic rings. The maximum atomic E-state index is 6.36. The van der Waals surface area contributed by atoms with Gasteiger partial charge in [0.15, 0.2) is 11.5 Å². The van der Waals surface area contributed by atoms with Gasteiger partial charge in [-0.05, 0) is 36.4 Å². The molecular weight excluding hydrogens is 388 g/mol. The third kappa shape index (κ3) is 2.73. The third-order valence-electron chi connectivity index (χ3n) is 5.56. The molecule has 0 aliphatic carbocycles. The van der Waals surface area contributed by atoms with Crippen molar-refractivity contribution < 1.29 is 14.2 Å². The number of nitrogens with zero attached hydrogens (tertiary/aromatic N) is 2. The van der Waals surface area contributed by atoms with Gasteiger partial charge in [-0.2, -0.15) is 5.10 Å². The summed E-state index contributed by atoms with van der Waals surface area (Å²) in [7, 11) is 0. The molecule has 5 nitrogen and oxygen atoms in total. The zero-order valence-electron chi connectivity index (χ0n) is 15.4. The number of benzene rings is 3. The summed E-state index contributed by atoms with van der Waals surface area (Å²) in [6.07, 6.45) is 0.489. The van der Waals surface area contributed by atoms with E-state index in [0.717, 1.165) is 46.1 Å². The van der Waals surface area contributed by atoms with Crippen LogP contribution in [-0.4, -0.2) is 17.5 Å². The van der Waals surface area contributed by atoms with E-state index in [1.165, 1.54) is 0 Å². The lowest BCUT2D eigenvalue weighted by molar-refractivity contribution is -0.0190. The zero-order chi connectivity index (χ0) is 19.4. The van der Waals surface area contributed by atoms with Gasteiger partial charge in [0.25, 0.3) is 0 Å². The minimum Gasteiger partial charge on any atom is -0.464 e. The average Bonchev–Trinajstić information content (AvgIpc) is 3.40. The average molecular weight is 405 g/mol. The van der Waals surface area contributed by atoms with Crippen molar-refractivity contribution in [2.24, 2.45) is 5.10 Å². The van der Waals surface area contributed by atoms with E-state index in [4.69, 9.17) is 30.9 Å². The highest BCUT2D eigenvalue weighted by Gasteiger charge is 2.41. The van der Waals surface area contributed by atoms with E-state index in [2.05, 4.69) is 11.1 Å². The lowest BCUT2D eigenvalue weighted by Crippen LogP contribution is -2.33. The van der Waals surface area contributed by atoms with Crippen molar-refractivity contribution in [3.8, 4) is 17.2 Å². The van der Waals surface area contributed by atoms with E-state index < -0.39 is 0 Å². The molecule has 0 saturated heterocycles. The van der Waals surface area contributed by atoms with Gasteiger partial charge in [0.2, 0.25) is 13.0 Å². The fraction of sp³-hybridized carbons (Fsp3) is 0.174. The first-order valence-electron chi connectivity index (χ1n) is 9.53. The van der Waals surface area contributed by atoms with E-state index >= 15 is 0 Å². The normalized spacial score (nSPS) is 21.3. The molecule has 0 saturated carbocycles. The van der Waals surface area contributed by atoms with Crippen molar-refractivity contribution in [1.29, 1.82) is 0 Å². The molecule has 0 radical (unpaired) electrons. The van der Waals surface area contributed by atoms with Crippen LogP contribution in [0.15, 0.2) is 71.8 Å². The number of para-hydroxylation sites is 1. The van der Waals surface area contributed by atoms with Crippen molar-refractivity contribution in [3.05, 3.63) is 88.4 Å². The zero-order valence-corrected chi connectivity index (χ0v) is 16.2. The third-order valence-corrected chi connectivity index (χ3v) is 5.81. The molecule has 0 spiro atoms. The second-order valence-electron chi connectivity index (χ2n) is 7.27. The van der Waals surface area contributed by atoms with Crippen LogP contribution in [0.5, 0.6) is 17.2 Å². The number of ether oxygens (including phenoxy) is 3. The van der Waals surface area contributed by atoms with Crippen molar-refractivity contribution in [2.45, 2.75) is 18.7 Å². The van der Waals surface area contributed by atoms with E-state index in [9.17, 15) is 0 Å². The number of hydrazone groups is 1. The van der Waals surface area contributed by atoms with Gasteiger partial charge in [-0.1, -0.05) is 41.9 Å². The highest BCUT2D eigenvalue weighted by molar-refractivity contribution is 6.30. The Morgan fingerprint density at radius 2 is 1.72 bits per heavy atom. The molecule has 3 aromatic rings. The van der Waals surface area contributed by atoms with Crippen LogP contribution in [0, 0.1) is 0 Å². The van der Waals surface area contributed by atoms with Crippen LogP contribution >= 0.6 is 11.6 Å². The van der Waals surface area contributed by atoms with Gasteiger partial charge in [0.1, 0.15) is 5.75 Å². The first-order valence-corrected chi connectivity index (χ1v) is 9.91. The second kappa shape index (κ2) is 6.42. The van der Waals surface area contributed by atoms with Crippen molar-refractivity contribution in [2.75, 3.05) is 6.79 Å². The molecule has 6 heteroatoms. The van der Waals surface area contributed by atoms with Crippen LogP contribution in [-0.2, 0) is 0 Å². The molecule has 6 rings (SSSR count).